The van der Waals surface area contributed by atoms with Crippen molar-refractivity contribution in [1.29, 1.82) is 0 Å². The molecule has 0 aliphatic carbocycles. The fraction of sp³-hybridized carbons (Fsp3) is 0.250. The first kappa shape index (κ1) is 16.1. The molecule has 2 aromatic rings. The number of phenolic OH excluding ortho intramolecular Hbond substituents is 1. The lowest BCUT2D eigenvalue weighted by molar-refractivity contribution is 0.464. The molecule has 0 heterocycles. The van der Waals surface area contributed by atoms with Gasteiger partial charge in [0.05, 0.1) is 0 Å². The predicted molar refractivity (Wildman–Crippen MR) is 84.6 cm³/mol. The first-order chi connectivity index (χ1) is 9.97. The van der Waals surface area contributed by atoms with Gasteiger partial charge in [0.2, 0.25) is 0 Å². The van der Waals surface area contributed by atoms with Gasteiger partial charge in [-0.25, -0.2) is 4.39 Å². The molecule has 5 heteroatoms. The van der Waals surface area contributed by atoms with Crippen LogP contribution in [0.1, 0.15) is 24.1 Å². The second kappa shape index (κ2) is 7.12. The zero-order valence-electron chi connectivity index (χ0n) is 11.5. The van der Waals surface area contributed by atoms with E-state index >= 15 is 0 Å². The zero-order valence-corrected chi connectivity index (χ0v) is 13.0. The Balaban J connectivity index is 1.93. The molecule has 1 atom stereocenters. The van der Waals surface area contributed by atoms with Crippen LogP contribution in [0.15, 0.2) is 36.4 Å². The summed E-state index contributed by atoms with van der Waals surface area (Å²) in [5.74, 6) is -0.490. The average Bonchev–Trinajstić information content (AvgIpc) is 2.41. The fourth-order valence-electron chi connectivity index (χ4n) is 2.12. The van der Waals surface area contributed by atoms with Crippen molar-refractivity contribution < 1.29 is 9.50 Å². The highest BCUT2D eigenvalue weighted by Gasteiger charge is 2.11. The average molecular weight is 328 g/mol. The Morgan fingerprint density at radius 3 is 2.62 bits per heavy atom. The summed E-state index contributed by atoms with van der Waals surface area (Å²) in [6, 6.07) is 9.41. The van der Waals surface area contributed by atoms with E-state index in [1.54, 1.807) is 18.2 Å². The van der Waals surface area contributed by atoms with Crippen molar-refractivity contribution in [2.24, 2.45) is 0 Å². The molecule has 112 valence electrons. The van der Waals surface area contributed by atoms with E-state index in [0.29, 0.717) is 22.2 Å². The van der Waals surface area contributed by atoms with Crippen LogP contribution in [0.4, 0.5) is 4.39 Å². The van der Waals surface area contributed by atoms with Crippen molar-refractivity contribution in [2.75, 3.05) is 6.54 Å². The lowest BCUT2D eigenvalue weighted by Gasteiger charge is -2.15. The molecule has 2 nitrogen and oxygen atoms in total. The molecular weight excluding hydrogens is 312 g/mol. The van der Waals surface area contributed by atoms with Crippen molar-refractivity contribution in [3.8, 4) is 5.75 Å². The van der Waals surface area contributed by atoms with Gasteiger partial charge in [-0.2, -0.15) is 0 Å². The van der Waals surface area contributed by atoms with E-state index in [9.17, 15) is 9.50 Å². The molecular formula is C16H16Cl2FNO. The molecule has 0 aromatic heterocycles. The van der Waals surface area contributed by atoms with Gasteiger partial charge in [-0.1, -0.05) is 35.3 Å². The van der Waals surface area contributed by atoms with Crippen molar-refractivity contribution in [3.05, 3.63) is 63.4 Å². The van der Waals surface area contributed by atoms with Crippen molar-refractivity contribution in [2.45, 2.75) is 19.4 Å². The first-order valence-electron chi connectivity index (χ1n) is 6.63. The van der Waals surface area contributed by atoms with Crippen LogP contribution >= 0.6 is 23.2 Å². The maximum atomic E-state index is 13.7. The van der Waals surface area contributed by atoms with Gasteiger partial charge in [0.1, 0.15) is 11.6 Å². The van der Waals surface area contributed by atoms with Gasteiger partial charge in [-0.05, 0) is 43.7 Å². The number of hydrogen-bond acceptors (Lipinski definition) is 2. The Morgan fingerprint density at radius 1 is 1.19 bits per heavy atom. The zero-order chi connectivity index (χ0) is 15.4. The van der Waals surface area contributed by atoms with Crippen LogP contribution < -0.4 is 5.32 Å². The van der Waals surface area contributed by atoms with Gasteiger partial charge in [0.15, 0.2) is 0 Å². The van der Waals surface area contributed by atoms with E-state index in [4.69, 9.17) is 23.2 Å². The van der Waals surface area contributed by atoms with E-state index in [1.165, 1.54) is 6.07 Å². The Bertz CT molecular complexity index is 634. The minimum Gasteiger partial charge on any atom is -0.508 e. The maximum Gasteiger partial charge on any atom is 0.131 e. The monoisotopic (exact) mass is 327 g/mol. The van der Waals surface area contributed by atoms with E-state index in [2.05, 4.69) is 5.32 Å². The Morgan fingerprint density at radius 2 is 1.95 bits per heavy atom. The molecule has 2 rings (SSSR count). The SMILES string of the molecule is CC(NCCc1ccc(Cl)cc1Cl)c1ccc(O)cc1F. The molecule has 0 aliphatic rings. The van der Waals surface area contributed by atoms with Crippen LogP contribution in [0, 0.1) is 5.82 Å². The lowest BCUT2D eigenvalue weighted by atomic mass is 10.1. The summed E-state index contributed by atoms with van der Waals surface area (Å²) in [6.07, 6.45) is 0.722. The van der Waals surface area contributed by atoms with Gasteiger partial charge < -0.3 is 10.4 Å². The highest BCUT2D eigenvalue weighted by molar-refractivity contribution is 6.35. The summed E-state index contributed by atoms with van der Waals surface area (Å²) in [5, 5.41) is 13.7. The third-order valence-electron chi connectivity index (χ3n) is 3.31. The van der Waals surface area contributed by atoms with E-state index < -0.39 is 5.82 Å². The third-order valence-corrected chi connectivity index (χ3v) is 3.90. The van der Waals surface area contributed by atoms with Crippen molar-refractivity contribution >= 4 is 23.2 Å². The highest BCUT2D eigenvalue weighted by Crippen LogP contribution is 2.23. The third kappa shape index (κ3) is 4.34. The van der Waals surface area contributed by atoms with Crippen LogP contribution in [0.5, 0.6) is 5.75 Å². The van der Waals surface area contributed by atoms with Crippen molar-refractivity contribution in [1.82, 2.24) is 5.32 Å². The quantitative estimate of drug-likeness (QED) is 0.831. The highest BCUT2D eigenvalue weighted by atomic mass is 35.5. The van der Waals surface area contributed by atoms with Crippen LogP contribution in [-0.4, -0.2) is 11.7 Å². The number of hydrogen-bond donors (Lipinski definition) is 2. The second-order valence-corrected chi connectivity index (χ2v) is 5.71. The number of nitrogens with one attached hydrogen (secondary N) is 1. The predicted octanol–water partition coefficient (Wildman–Crippen LogP) is 4.73. The van der Waals surface area contributed by atoms with Gasteiger partial charge >= 0.3 is 0 Å². The lowest BCUT2D eigenvalue weighted by Crippen LogP contribution is -2.22. The standard InChI is InChI=1S/C16H16Cl2FNO/c1-10(14-5-4-13(21)9-16(14)19)20-7-6-11-2-3-12(17)8-15(11)18/h2-5,8-10,20-21H,6-7H2,1H3. The summed E-state index contributed by atoms with van der Waals surface area (Å²) >= 11 is 12.0. The molecule has 0 saturated carbocycles. The summed E-state index contributed by atoms with van der Waals surface area (Å²) in [5.41, 5.74) is 1.52. The van der Waals surface area contributed by atoms with Crippen LogP contribution in [0.2, 0.25) is 10.0 Å². The number of aromatic hydroxyl groups is 1. The minimum absolute atomic E-state index is 0.0728. The van der Waals surface area contributed by atoms with Crippen molar-refractivity contribution in [3.63, 3.8) is 0 Å². The molecule has 0 amide bonds. The van der Waals surface area contributed by atoms with E-state index in [-0.39, 0.29) is 11.8 Å². The number of benzene rings is 2. The van der Waals surface area contributed by atoms with E-state index in [0.717, 1.165) is 18.1 Å². The molecule has 21 heavy (non-hydrogen) atoms. The van der Waals surface area contributed by atoms with Crippen LogP contribution in [0.3, 0.4) is 0 Å². The fourth-order valence-corrected chi connectivity index (χ4v) is 2.63. The first-order valence-corrected chi connectivity index (χ1v) is 7.38. The normalized spacial score (nSPS) is 12.4. The van der Waals surface area contributed by atoms with Gasteiger partial charge in [-0.3, -0.25) is 0 Å². The van der Waals surface area contributed by atoms with Gasteiger partial charge in [0, 0.05) is 27.7 Å². The Hall–Kier alpha value is -1.29. The van der Waals surface area contributed by atoms with Gasteiger partial charge in [0.25, 0.3) is 0 Å². The Kier molecular flexibility index (Phi) is 5.45. The molecule has 2 N–H and O–H groups in total. The second-order valence-electron chi connectivity index (χ2n) is 4.87. The minimum atomic E-state index is -0.417. The van der Waals surface area contributed by atoms with Gasteiger partial charge in [-0.15, -0.1) is 0 Å². The molecule has 0 saturated heterocycles. The molecule has 2 aromatic carbocycles. The summed E-state index contributed by atoms with van der Waals surface area (Å²) < 4.78 is 13.7. The van der Waals surface area contributed by atoms with Crippen LogP contribution in [0.25, 0.3) is 0 Å². The number of halogens is 3. The molecule has 0 radical (unpaired) electrons. The van der Waals surface area contributed by atoms with E-state index in [1.807, 2.05) is 13.0 Å². The summed E-state index contributed by atoms with van der Waals surface area (Å²) in [6.45, 7) is 2.53. The Labute approximate surface area is 133 Å². The maximum absolute atomic E-state index is 13.7. The largest absolute Gasteiger partial charge is 0.508 e. The molecule has 0 bridgehead atoms. The molecule has 0 spiro atoms. The number of rotatable bonds is 5. The topological polar surface area (TPSA) is 32.3 Å². The summed E-state index contributed by atoms with van der Waals surface area (Å²) in [7, 11) is 0. The molecule has 0 fully saturated rings. The molecule has 0 aliphatic heterocycles. The number of phenols is 1. The smallest absolute Gasteiger partial charge is 0.131 e. The van der Waals surface area contributed by atoms with Crippen LogP contribution in [-0.2, 0) is 6.42 Å². The summed E-state index contributed by atoms with van der Waals surface area (Å²) in [4.78, 5) is 0. The molecule has 1 unspecified atom stereocenters.